The summed E-state index contributed by atoms with van der Waals surface area (Å²) in [5, 5.41) is 0. The lowest BCUT2D eigenvalue weighted by atomic mass is 10.1. The van der Waals surface area contributed by atoms with Crippen molar-refractivity contribution in [3.05, 3.63) is 22.9 Å². The molecule has 0 unspecified atom stereocenters. The predicted molar refractivity (Wildman–Crippen MR) is 62.6 cm³/mol. The van der Waals surface area contributed by atoms with Crippen molar-refractivity contribution in [2.75, 3.05) is 18.5 Å². The Balaban J connectivity index is 3.11. The van der Waals surface area contributed by atoms with Gasteiger partial charge in [0.1, 0.15) is 12.4 Å². The van der Waals surface area contributed by atoms with E-state index in [0.29, 0.717) is 17.1 Å². The summed E-state index contributed by atoms with van der Waals surface area (Å²) >= 11 is 5.76. The molecule has 0 amide bonds. The Kier molecular flexibility index (Phi) is 4.25. The molecule has 0 aliphatic carbocycles. The number of pyridine rings is 1. The maximum absolute atomic E-state index is 12.3. The third-order valence-electron chi connectivity index (χ3n) is 2.37. The number of anilines is 1. The number of rotatable bonds is 3. The van der Waals surface area contributed by atoms with Crippen molar-refractivity contribution in [3.8, 4) is 0 Å². The van der Waals surface area contributed by atoms with Crippen LogP contribution in [0.1, 0.15) is 16.8 Å². The molecule has 17 heavy (non-hydrogen) atoms. The zero-order valence-electron chi connectivity index (χ0n) is 9.90. The van der Waals surface area contributed by atoms with E-state index in [1.807, 2.05) is 13.0 Å². The zero-order chi connectivity index (χ0) is 13.2. The van der Waals surface area contributed by atoms with Gasteiger partial charge in [0.15, 0.2) is 0 Å². The van der Waals surface area contributed by atoms with Gasteiger partial charge in [-0.3, -0.25) is 0 Å². The van der Waals surface area contributed by atoms with Crippen LogP contribution < -0.4 is 4.90 Å². The van der Waals surface area contributed by atoms with E-state index in [4.69, 9.17) is 11.6 Å². The molecule has 0 radical (unpaired) electrons. The van der Waals surface area contributed by atoms with Gasteiger partial charge >= 0.3 is 6.18 Å². The summed E-state index contributed by atoms with van der Waals surface area (Å²) in [5.41, 5.74) is 2.18. The SMILES string of the molecule is Cc1cc(C)c(CCl)c(N(C)CC(F)(F)F)n1. The average Bonchev–Trinajstić information content (AvgIpc) is 2.13. The lowest BCUT2D eigenvalue weighted by Crippen LogP contribution is -2.32. The fourth-order valence-corrected chi connectivity index (χ4v) is 2.00. The van der Waals surface area contributed by atoms with Gasteiger partial charge in [-0.25, -0.2) is 4.98 Å². The topological polar surface area (TPSA) is 16.1 Å². The highest BCUT2D eigenvalue weighted by molar-refractivity contribution is 6.17. The number of alkyl halides is 4. The molecule has 96 valence electrons. The van der Waals surface area contributed by atoms with Crippen molar-refractivity contribution in [2.45, 2.75) is 25.9 Å². The third kappa shape index (κ3) is 3.77. The minimum atomic E-state index is -4.25. The van der Waals surface area contributed by atoms with Gasteiger partial charge in [-0.2, -0.15) is 13.2 Å². The van der Waals surface area contributed by atoms with Crippen LogP contribution in [0.2, 0.25) is 0 Å². The van der Waals surface area contributed by atoms with E-state index >= 15 is 0 Å². The molecule has 6 heteroatoms. The molecule has 0 bridgehead atoms. The van der Waals surface area contributed by atoms with Gasteiger partial charge in [0, 0.05) is 18.3 Å². The second kappa shape index (κ2) is 5.12. The van der Waals surface area contributed by atoms with Gasteiger partial charge in [0.2, 0.25) is 0 Å². The van der Waals surface area contributed by atoms with Crippen molar-refractivity contribution in [3.63, 3.8) is 0 Å². The standard InChI is InChI=1S/C11H14ClF3N2/c1-7-4-8(2)16-10(9(7)5-12)17(3)6-11(13,14)15/h4H,5-6H2,1-3H3. The molecule has 0 aliphatic heterocycles. The summed E-state index contributed by atoms with van der Waals surface area (Å²) in [6.07, 6.45) is -4.25. The first-order valence-electron chi connectivity index (χ1n) is 5.05. The van der Waals surface area contributed by atoms with Crippen molar-refractivity contribution >= 4 is 17.4 Å². The first-order chi connectivity index (χ1) is 7.74. The summed E-state index contributed by atoms with van der Waals surface area (Å²) in [7, 11) is 1.37. The average molecular weight is 267 g/mol. The quantitative estimate of drug-likeness (QED) is 0.779. The van der Waals surface area contributed by atoms with Crippen LogP contribution in [0, 0.1) is 13.8 Å². The van der Waals surface area contributed by atoms with E-state index in [0.717, 1.165) is 10.5 Å². The zero-order valence-corrected chi connectivity index (χ0v) is 10.7. The van der Waals surface area contributed by atoms with Crippen molar-refractivity contribution < 1.29 is 13.2 Å². The molecule has 0 spiro atoms. The maximum Gasteiger partial charge on any atom is 0.405 e. The van der Waals surface area contributed by atoms with Gasteiger partial charge in [-0.05, 0) is 25.5 Å². The monoisotopic (exact) mass is 266 g/mol. The Morgan fingerprint density at radius 2 is 1.94 bits per heavy atom. The molecule has 0 saturated carbocycles. The number of aryl methyl sites for hydroxylation is 2. The Hall–Kier alpha value is -0.970. The molecule has 0 aromatic carbocycles. The number of aromatic nitrogens is 1. The van der Waals surface area contributed by atoms with E-state index in [2.05, 4.69) is 4.98 Å². The van der Waals surface area contributed by atoms with Crippen LogP contribution in [-0.2, 0) is 5.88 Å². The van der Waals surface area contributed by atoms with Crippen LogP contribution in [0.5, 0.6) is 0 Å². The number of hydrogen-bond donors (Lipinski definition) is 0. The van der Waals surface area contributed by atoms with Crippen molar-refractivity contribution in [1.82, 2.24) is 4.98 Å². The molecule has 0 aliphatic rings. The Morgan fingerprint density at radius 1 is 1.35 bits per heavy atom. The predicted octanol–water partition coefficient (Wildman–Crippen LogP) is 3.44. The van der Waals surface area contributed by atoms with Crippen LogP contribution in [0.3, 0.4) is 0 Å². The van der Waals surface area contributed by atoms with Crippen molar-refractivity contribution in [2.24, 2.45) is 0 Å². The van der Waals surface area contributed by atoms with Crippen LogP contribution in [0.15, 0.2) is 6.07 Å². The molecule has 0 saturated heterocycles. The minimum Gasteiger partial charge on any atom is -0.350 e. The molecule has 0 N–H and O–H groups in total. The summed E-state index contributed by atoms with van der Waals surface area (Å²) in [4.78, 5) is 5.21. The van der Waals surface area contributed by atoms with Gasteiger partial charge in [-0.15, -0.1) is 11.6 Å². The number of nitrogens with zero attached hydrogens (tertiary/aromatic N) is 2. The van der Waals surface area contributed by atoms with Gasteiger partial charge in [-0.1, -0.05) is 0 Å². The first kappa shape index (κ1) is 14.1. The van der Waals surface area contributed by atoms with E-state index in [-0.39, 0.29) is 5.88 Å². The fraction of sp³-hybridized carbons (Fsp3) is 0.545. The molecule has 0 atom stereocenters. The molecule has 1 aromatic heterocycles. The van der Waals surface area contributed by atoms with Crippen LogP contribution in [-0.4, -0.2) is 24.8 Å². The lowest BCUT2D eigenvalue weighted by Gasteiger charge is -2.23. The molecular weight excluding hydrogens is 253 g/mol. The normalized spacial score (nSPS) is 11.7. The Bertz CT molecular complexity index is 404. The molecule has 2 nitrogen and oxygen atoms in total. The smallest absolute Gasteiger partial charge is 0.350 e. The number of halogens is 4. The summed E-state index contributed by atoms with van der Waals surface area (Å²) in [6.45, 7) is 2.53. The summed E-state index contributed by atoms with van der Waals surface area (Å²) in [5.74, 6) is 0.450. The second-order valence-corrected chi connectivity index (χ2v) is 4.25. The minimum absolute atomic E-state index is 0.149. The highest BCUT2D eigenvalue weighted by Gasteiger charge is 2.30. The van der Waals surface area contributed by atoms with E-state index < -0.39 is 12.7 Å². The van der Waals surface area contributed by atoms with E-state index in [1.165, 1.54) is 7.05 Å². The lowest BCUT2D eigenvalue weighted by molar-refractivity contribution is -0.119. The first-order valence-corrected chi connectivity index (χ1v) is 5.59. The van der Waals surface area contributed by atoms with Gasteiger partial charge in [0.05, 0.1) is 5.88 Å². The fourth-order valence-electron chi connectivity index (χ4n) is 1.67. The van der Waals surface area contributed by atoms with Crippen molar-refractivity contribution in [1.29, 1.82) is 0 Å². The van der Waals surface area contributed by atoms with Crippen LogP contribution in [0.4, 0.5) is 19.0 Å². The maximum atomic E-state index is 12.3. The Morgan fingerprint density at radius 3 is 2.41 bits per heavy atom. The second-order valence-electron chi connectivity index (χ2n) is 3.99. The highest BCUT2D eigenvalue weighted by atomic mass is 35.5. The third-order valence-corrected chi connectivity index (χ3v) is 2.63. The number of hydrogen-bond acceptors (Lipinski definition) is 2. The highest BCUT2D eigenvalue weighted by Crippen LogP contribution is 2.26. The molecular formula is C11H14ClF3N2. The largest absolute Gasteiger partial charge is 0.405 e. The van der Waals surface area contributed by atoms with E-state index in [9.17, 15) is 13.2 Å². The Labute approximate surface area is 103 Å². The molecule has 1 heterocycles. The van der Waals surface area contributed by atoms with Gasteiger partial charge in [0.25, 0.3) is 0 Å². The summed E-state index contributed by atoms with van der Waals surface area (Å²) < 4.78 is 37.0. The van der Waals surface area contributed by atoms with Crippen LogP contribution >= 0.6 is 11.6 Å². The van der Waals surface area contributed by atoms with E-state index in [1.54, 1.807) is 6.92 Å². The molecule has 1 aromatic rings. The van der Waals surface area contributed by atoms with Gasteiger partial charge < -0.3 is 4.90 Å². The van der Waals surface area contributed by atoms with Crippen LogP contribution in [0.25, 0.3) is 0 Å². The molecule has 1 rings (SSSR count). The molecule has 0 fully saturated rings. The summed E-state index contributed by atoms with van der Waals surface area (Å²) in [6, 6.07) is 1.81.